The van der Waals surface area contributed by atoms with E-state index in [2.05, 4.69) is 0 Å². The largest absolute Gasteiger partial charge is 3.00 e. The number of nitrogens with zero attached hydrogens (tertiary/aromatic N) is 12. The van der Waals surface area contributed by atoms with E-state index in [1.54, 1.807) is 0 Å². The quantitative estimate of drug-likeness (QED) is 0.279. The molecule has 0 aliphatic rings. The summed E-state index contributed by atoms with van der Waals surface area (Å²) >= 11 is 0. The van der Waals surface area contributed by atoms with Crippen LogP contribution in [-0.4, -0.2) is 0 Å². The Kier molecular flexibility index (Phi) is 7620. The third kappa shape index (κ3) is 944. The molecule has 0 N–H and O–H groups in total. The van der Waals surface area contributed by atoms with Gasteiger partial charge in [0.25, 0.3) is 0 Å². The first-order valence-corrected chi connectivity index (χ1v) is 2.68. The van der Waals surface area contributed by atoms with Crippen LogP contribution in [0.1, 0.15) is 0 Å². The van der Waals surface area contributed by atoms with Crippen LogP contribution in [-0.2, 0) is 83.6 Å². The molecule has 0 heterocycles. The Morgan fingerprint density at radius 3 is 0.172 bits per heavy atom. The smallest absolute Gasteiger partial charge is 0.512 e. The van der Waals surface area contributed by atoms with E-state index in [-0.39, 0.29) is 83.6 Å². The second kappa shape index (κ2) is 1030. The maximum Gasteiger partial charge on any atom is 3.00 e. The second-order valence-corrected chi connectivity index (χ2v) is 0. The van der Waals surface area contributed by atoms with Crippen LogP contribution in [0.2, 0.25) is 0 Å². The van der Waals surface area contributed by atoms with Crippen molar-refractivity contribution in [2.24, 2.45) is 0 Å². The van der Waals surface area contributed by atoms with E-state index >= 15 is 0 Å². The van der Waals surface area contributed by atoms with Crippen molar-refractivity contribution in [3.63, 3.8) is 0 Å². The van der Waals surface area contributed by atoms with Crippen molar-refractivity contribution in [2.75, 3.05) is 0 Å². The Morgan fingerprint density at radius 1 is 0.172 bits per heavy atom. The van der Waals surface area contributed by atoms with Crippen molar-refractivity contribution < 1.29 is 83.6 Å². The molecule has 0 aromatic heterocycles. The molecule has 0 atom stereocenters. The van der Waals surface area contributed by atoms with Crippen molar-refractivity contribution in [1.29, 1.82) is 63.1 Å². The molecular weight excluding hydrogens is 600 g/mol. The monoisotopic (exact) mass is 598 g/mol. The van der Waals surface area contributed by atoms with Crippen LogP contribution >= 0.6 is 0 Å². The first kappa shape index (κ1) is 214. The molecule has 154 valence electrons. The fourth-order valence-corrected chi connectivity index (χ4v) is 0. The Bertz CT molecular complexity index is 234. The van der Waals surface area contributed by atoms with Crippen LogP contribution in [0, 0.1) is 142 Å². The van der Waals surface area contributed by atoms with Gasteiger partial charge in [-0.2, -0.15) is 0 Å². The van der Waals surface area contributed by atoms with Gasteiger partial charge in [0, 0.05) is 0 Å². The standard InChI is InChI=1S/12CN.2Fe.3Ni/c12*1-2;;;;;/q12*-1;2*+3;3*+2. The first-order chi connectivity index (χ1) is 12.0. The molecule has 0 spiro atoms. The topological polar surface area (TPSA) is 285 Å². The third-order valence-electron chi connectivity index (χ3n) is 0. The first-order valence-electron chi connectivity index (χ1n) is 2.68. The molecule has 29 heavy (non-hydrogen) atoms. The van der Waals surface area contributed by atoms with Crippen LogP contribution in [0.3, 0.4) is 0 Å². The summed E-state index contributed by atoms with van der Waals surface area (Å²) in [6, 6.07) is 0. The minimum atomic E-state index is 0. The molecule has 0 aromatic rings. The van der Waals surface area contributed by atoms with Crippen LogP contribution in [0.4, 0.5) is 0 Å². The normalized spacial score (nSPS) is 0.828. The zero-order chi connectivity index (χ0) is 24.0. The van der Waals surface area contributed by atoms with Crippen LogP contribution in [0.5, 0.6) is 0 Å². The summed E-state index contributed by atoms with van der Waals surface area (Å²) in [5.41, 5.74) is 0. The molecular formula is C12Fe2N12Ni3. The van der Waals surface area contributed by atoms with Gasteiger partial charge in [-0.3, -0.25) is 0 Å². The number of hydrogen-bond donors (Lipinski definition) is 0. The van der Waals surface area contributed by atoms with Gasteiger partial charge in [-0.1, -0.05) is 0 Å². The zero-order valence-electron chi connectivity index (χ0n) is 13.0. The average Bonchev–Trinajstić information content (AvgIpc) is 2.84. The molecule has 0 bridgehead atoms. The van der Waals surface area contributed by atoms with Gasteiger partial charge in [-0.05, 0) is 0 Å². The molecule has 0 saturated carbocycles. The summed E-state index contributed by atoms with van der Waals surface area (Å²) in [5.74, 6) is 0. The van der Waals surface area contributed by atoms with Crippen LogP contribution < -0.4 is 0 Å². The molecule has 0 aliphatic carbocycles. The molecule has 0 aromatic carbocycles. The van der Waals surface area contributed by atoms with Crippen molar-refractivity contribution >= 4 is 0 Å². The van der Waals surface area contributed by atoms with Crippen LogP contribution in [0.15, 0.2) is 0 Å². The summed E-state index contributed by atoms with van der Waals surface area (Å²) in [7, 11) is 0. The zero-order valence-corrected chi connectivity index (χ0v) is 18.2. The van der Waals surface area contributed by atoms with Gasteiger partial charge < -0.3 is 142 Å². The summed E-state index contributed by atoms with van der Waals surface area (Å²) in [5, 5.41) is 75.0. The number of hydrogen-bond acceptors (Lipinski definition) is 12. The molecule has 0 rings (SSSR count). The fraction of sp³-hybridized carbons (Fsp3) is 0. The maximum atomic E-state index is 6.25. The van der Waals surface area contributed by atoms with E-state index in [1.807, 2.05) is 0 Å². The van der Waals surface area contributed by atoms with E-state index < -0.39 is 0 Å². The Hall–Kier alpha value is -3.60. The minimum absolute atomic E-state index is 0. The average molecular weight is 600 g/mol. The Labute approximate surface area is 224 Å². The molecule has 0 amide bonds. The summed E-state index contributed by atoms with van der Waals surface area (Å²) in [4.78, 5) is 0. The van der Waals surface area contributed by atoms with Gasteiger partial charge in [-0.15, -0.1) is 0 Å². The van der Waals surface area contributed by atoms with Crippen molar-refractivity contribution in [2.45, 2.75) is 0 Å². The molecule has 12 nitrogen and oxygen atoms in total. The molecule has 0 fully saturated rings. The van der Waals surface area contributed by atoms with E-state index in [0.717, 1.165) is 0 Å². The van der Waals surface area contributed by atoms with Gasteiger partial charge in [0.05, 0.1) is 0 Å². The summed E-state index contributed by atoms with van der Waals surface area (Å²) < 4.78 is 0. The summed E-state index contributed by atoms with van der Waals surface area (Å²) in [6.07, 6.45) is 0. The van der Waals surface area contributed by atoms with Gasteiger partial charge in [0.15, 0.2) is 0 Å². The van der Waals surface area contributed by atoms with Gasteiger partial charge >= 0.3 is 83.6 Å². The van der Waals surface area contributed by atoms with Crippen molar-refractivity contribution in [3.05, 3.63) is 78.9 Å². The van der Waals surface area contributed by atoms with E-state index in [1.165, 1.54) is 0 Å². The fourth-order valence-electron chi connectivity index (χ4n) is 0. The predicted octanol–water partition coefficient (Wildman–Crippen LogP) is 1.14. The molecule has 0 saturated heterocycles. The Balaban J connectivity index is -0.00000000356. The third-order valence-corrected chi connectivity index (χ3v) is 0. The van der Waals surface area contributed by atoms with E-state index in [0.29, 0.717) is 0 Å². The molecule has 17 heteroatoms. The SMILES string of the molecule is [C-]#N.[C-]#N.[C-]#N.[C-]#N.[C-]#N.[C-]#N.[C-]#N.[C-]#N.[C-]#N.[C-]#N.[C-]#N.[C-]#N.[Fe+3].[Fe+3].[Ni+2].[Ni+2].[Ni+2]. The van der Waals surface area contributed by atoms with E-state index in [4.69, 9.17) is 142 Å². The minimum Gasteiger partial charge on any atom is -0.512 e. The van der Waals surface area contributed by atoms with Gasteiger partial charge in [0.1, 0.15) is 0 Å². The Morgan fingerprint density at radius 2 is 0.172 bits per heavy atom. The second-order valence-electron chi connectivity index (χ2n) is 0. The predicted molar refractivity (Wildman–Crippen MR) is 59.6 cm³/mol. The summed E-state index contributed by atoms with van der Waals surface area (Å²) in [6.45, 7) is 57.0. The van der Waals surface area contributed by atoms with Crippen molar-refractivity contribution in [1.82, 2.24) is 0 Å². The van der Waals surface area contributed by atoms with Gasteiger partial charge in [-0.25, -0.2) is 0 Å². The van der Waals surface area contributed by atoms with Crippen LogP contribution in [0.25, 0.3) is 0 Å². The van der Waals surface area contributed by atoms with E-state index in [9.17, 15) is 0 Å². The molecule has 0 aliphatic heterocycles. The molecule has 0 unspecified atom stereocenters. The van der Waals surface area contributed by atoms with Gasteiger partial charge in [0.2, 0.25) is 0 Å². The van der Waals surface area contributed by atoms with Crippen molar-refractivity contribution in [3.8, 4) is 0 Å². The number of rotatable bonds is 0. The molecule has 2 radical (unpaired) electrons. The maximum absolute atomic E-state index is 6.25.